The van der Waals surface area contributed by atoms with E-state index in [2.05, 4.69) is 0 Å². The van der Waals surface area contributed by atoms with Crippen LogP contribution in [0.15, 0.2) is 58.3 Å². The predicted molar refractivity (Wildman–Crippen MR) is 71.8 cm³/mol. The van der Waals surface area contributed by atoms with Gasteiger partial charge in [0.1, 0.15) is 0 Å². The van der Waals surface area contributed by atoms with Crippen LogP contribution in [0.1, 0.15) is 0 Å². The second-order valence-electron chi connectivity index (χ2n) is 4.41. The molecule has 0 radical (unpaired) electrons. The van der Waals surface area contributed by atoms with E-state index in [0.717, 1.165) is 6.14 Å². The molecule has 2 aromatic rings. The van der Waals surface area contributed by atoms with Crippen LogP contribution in [0.2, 0.25) is 0 Å². The molecule has 0 saturated heterocycles. The SMILES string of the molecule is O=S(=O)(O)c1cc[c]([Hg][c]2ccc(S(=O)(=O)O)cc2)cc1. The zero-order chi connectivity index (χ0) is 15.7. The minimum absolute atomic E-state index is 0.152. The van der Waals surface area contributed by atoms with Crippen molar-refractivity contribution in [3.8, 4) is 0 Å². The Bertz CT molecular complexity index is 766. The van der Waals surface area contributed by atoms with Crippen molar-refractivity contribution in [2.75, 3.05) is 0 Å². The molecule has 0 heterocycles. The fourth-order valence-electron chi connectivity index (χ4n) is 1.79. The first kappa shape index (κ1) is 16.6. The maximum atomic E-state index is 10.9. The van der Waals surface area contributed by atoms with Crippen LogP contribution in [-0.2, 0) is 44.8 Å². The van der Waals surface area contributed by atoms with Crippen LogP contribution in [0.5, 0.6) is 0 Å². The number of hydrogen-bond acceptors (Lipinski definition) is 4. The van der Waals surface area contributed by atoms with Gasteiger partial charge >= 0.3 is 135 Å². The van der Waals surface area contributed by atoms with Gasteiger partial charge < -0.3 is 0 Å². The Morgan fingerprint density at radius 1 is 0.619 bits per heavy atom. The Balaban J connectivity index is 2.19. The van der Waals surface area contributed by atoms with Gasteiger partial charge in [-0.15, -0.1) is 0 Å². The maximum absolute atomic E-state index is 10.9. The summed E-state index contributed by atoms with van der Waals surface area (Å²) in [6.07, 6.45) is 0. The molecule has 0 aliphatic carbocycles. The van der Waals surface area contributed by atoms with E-state index in [-0.39, 0.29) is 9.79 Å². The third-order valence-electron chi connectivity index (χ3n) is 2.85. The van der Waals surface area contributed by atoms with E-state index in [0.29, 0.717) is 0 Å². The van der Waals surface area contributed by atoms with Gasteiger partial charge in [0.15, 0.2) is 0 Å². The molecule has 9 heteroatoms. The summed E-state index contributed by atoms with van der Waals surface area (Å²) in [5.74, 6) is 0. The van der Waals surface area contributed by atoms with Crippen LogP contribution < -0.4 is 6.14 Å². The van der Waals surface area contributed by atoms with E-state index < -0.39 is 44.8 Å². The van der Waals surface area contributed by atoms with Crippen molar-refractivity contribution in [2.24, 2.45) is 0 Å². The average molecular weight is 515 g/mol. The Labute approximate surface area is 134 Å². The van der Waals surface area contributed by atoms with Crippen molar-refractivity contribution >= 4 is 26.4 Å². The van der Waals surface area contributed by atoms with Crippen LogP contribution in [0, 0.1) is 0 Å². The molecule has 0 atom stereocenters. The van der Waals surface area contributed by atoms with Gasteiger partial charge in [0.05, 0.1) is 0 Å². The zero-order valence-corrected chi connectivity index (χ0v) is 17.8. The van der Waals surface area contributed by atoms with Crippen LogP contribution in [-0.4, -0.2) is 25.9 Å². The summed E-state index contributed by atoms with van der Waals surface area (Å²) in [4.78, 5) is -0.303. The van der Waals surface area contributed by atoms with Crippen molar-refractivity contribution < 1.29 is 50.5 Å². The van der Waals surface area contributed by atoms with Gasteiger partial charge in [0.2, 0.25) is 0 Å². The molecule has 0 unspecified atom stereocenters. The van der Waals surface area contributed by atoms with Crippen molar-refractivity contribution in [1.29, 1.82) is 0 Å². The summed E-state index contributed by atoms with van der Waals surface area (Å²) in [6, 6.07) is 12.0. The first-order valence-corrected chi connectivity index (χ1v) is 14.2. The normalized spacial score (nSPS) is 11.9. The molecule has 6 nitrogen and oxygen atoms in total. The summed E-state index contributed by atoms with van der Waals surface area (Å²) >= 11 is -1.72. The van der Waals surface area contributed by atoms with Gasteiger partial charge in [-0.05, 0) is 0 Å². The fourth-order valence-corrected chi connectivity index (χ4v) is 8.25. The molecule has 0 aliphatic heterocycles. The third kappa shape index (κ3) is 4.58. The Kier molecular flexibility index (Phi) is 4.84. The Morgan fingerprint density at radius 3 is 1.14 bits per heavy atom. The summed E-state index contributed by atoms with van der Waals surface area (Å²) < 4.78 is 63.5. The van der Waals surface area contributed by atoms with Gasteiger partial charge in [-0.25, -0.2) is 0 Å². The molecule has 108 valence electrons. The molecule has 0 spiro atoms. The molecular formula is C12H10HgO6S2. The Morgan fingerprint density at radius 2 is 0.905 bits per heavy atom. The van der Waals surface area contributed by atoms with E-state index in [4.69, 9.17) is 9.11 Å². The molecule has 0 amide bonds. The molecule has 2 aromatic carbocycles. The standard InChI is InChI=1S/2C6H5O3S.Hg/c2*7-10(8,9)6-4-2-1-3-5-6;/h2*2-5H,(H,7,8,9);. The molecule has 0 saturated carbocycles. The molecule has 0 fully saturated rings. The minimum atomic E-state index is -4.18. The number of rotatable bonds is 4. The van der Waals surface area contributed by atoms with Crippen LogP contribution in [0.25, 0.3) is 0 Å². The summed E-state index contributed by atoms with van der Waals surface area (Å²) in [5.41, 5.74) is 0. The molecule has 2 rings (SSSR count). The average Bonchev–Trinajstić information content (AvgIpc) is 2.38. The van der Waals surface area contributed by atoms with Crippen LogP contribution >= 0.6 is 0 Å². The zero-order valence-electron chi connectivity index (χ0n) is 10.7. The fraction of sp³-hybridized carbons (Fsp3) is 0. The molecular weight excluding hydrogens is 505 g/mol. The molecule has 0 bridgehead atoms. The summed E-state index contributed by atoms with van der Waals surface area (Å²) in [7, 11) is -8.37. The summed E-state index contributed by atoms with van der Waals surface area (Å²) in [5, 5.41) is 0. The molecule has 0 aliphatic rings. The third-order valence-corrected chi connectivity index (χ3v) is 11.4. The first-order valence-electron chi connectivity index (χ1n) is 5.79. The number of benzene rings is 2. The van der Waals surface area contributed by atoms with Gasteiger partial charge in [0, 0.05) is 0 Å². The molecule has 2 N–H and O–H groups in total. The molecule has 21 heavy (non-hydrogen) atoms. The van der Waals surface area contributed by atoms with Crippen LogP contribution in [0.4, 0.5) is 0 Å². The van der Waals surface area contributed by atoms with Crippen LogP contribution in [0.3, 0.4) is 0 Å². The van der Waals surface area contributed by atoms with Gasteiger partial charge in [-0.1, -0.05) is 0 Å². The van der Waals surface area contributed by atoms with E-state index in [1.54, 1.807) is 24.3 Å². The van der Waals surface area contributed by atoms with Crippen molar-refractivity contribution in [3.63, 3.8) is 0 Å². The van der Waals surface area contributed by atoms with E-state index in [1.165, 1.54) is 24.3 Å². The van der Waals surface area contributed by atoms with Crippen molar-refractivity contribution in [3.05, 3.63) is 48.5 Å². The van der Waals surface area contributed by atoms with Crippen molar-refractivity contribution in [1.82, 2.24) is 0 Å². The monoisotopic (exact) mass is 516 g/mol. The first-order chi connectivity index (χ1) is 9.66. The predicted octanol–water partition coefficient (Wildman–Crippen LogP) is 0.213. The second-order valence-corrected chi connectivity index (χ2v) is 15.0. The quantitative estimate of drug-likeness (QED) is 0.446. The van der Waals surface area contributed by atoms with Crippen molar-refractivity contribution in [2.45, 2.75) is 9.79 Å². The Hall–Kier alpha value is -0.805. The van der Waals surface area contributed by atoms with Gasteiger partial charge in [-0.2, -0.15) is 0 Å². The van der Waals surface area contributed by atoms with E-state index in [1.807, 2.05) is 0 Å². The number of hydrogen-bond donors (Lipinski definition) is 2. The van der Waals surface area contributed by atoms with Gasteiger partial charge in [0.25, 0.3) is 0 Å². The molecule has 0 aromatic heterocycles. The topological polar surface area (TPSA) is 109 Å². The van der Waals surface area contributed by atoms with Gasteiger partial charge in [-0.3, -0.25) is 0 Å². The van der Waals surface area contributed by atoms with E-state index in [9.17, 15) is 16.8 Å². The van der Waals surface area contributed by atoms with E-state index >= 15 is 0 Å². The summed E-state index contributed by atoms with van der Waals surface area (Å²) in [6.45, 7) is 0. The second kappa shape index (κ2) is 6.13.